The van der Waals surface area contributed by atoms with Gasteiger partial charge in [-0.2, -0.15) is 4.98 Å². The Balaban J connectivity index is 2.01. The summed E-state index contributed by atoms with van der Waals surface area (Å²) in [5.41, 5.74) is 0. The van der Waals surface area contributed by atoms with Crippen molar-refractivity contribution in [3.05, 3.63) is 32.8 Å². The van der Waals surface area contributed by atoms with Gasteiger partial charge in [0.15, 0.2) is 5.15 Å². The van der Waals surface area contributed by atoms with Crippen LogP contribution in [0, 0.1) is 0 Å². The van der Waals surface area contributed by atoms with Crippen molar-refractivity contribution in [1.29, 1.82) is 0 Å². The minimum Gasteiger partial charge on any atom is -0.472 e. The minimum absolute atomic E-state index is 0.326. The van der Waals surface area contributed by atoms with Gasteiger partial charge in [-0.3, -0.25) is 0 Å². The highest BCUT2D eigenvalue weighted by molar-refractivity contribution is 9.10. The normalized spacial score (nSPS) is 10.4. The van der Waals surface area contributed by atoms with E-state index >= 15 is 0 Å². The number of pyridine rings is 1. The Hall–Kier alpha value is -0.850. The lowest BCUT2D eigenvalue weighted by molar-refractivity contribution is 0.296. The maximum Gasteiger partial charge on any atom is 0.274 e. The van der Waals surface area contributed by atoms with Crippen LogP contribution < -0.4 is 9.47 Å². The van der Waals surface area contributed by atoms with E-state index in [4.69, 9.17) is 21.1 Å². The molecule has 0 N–H and O–H groups in total. The smallest absolute Gasteiger partial charge is 0.274 e. The van der Waals surface area contributed by atoms with Crippen LogP contribution in [0.1, 0.15) is 11.8 Å². The molecule has 0 saturated heterocycles. The third-order valence-electron chi connectivity index (χ3n) is 1.94. The van der Waals surface area contributed by atoms with Gasteiger partial charge in [0.2, 0.25) is 5.88 Å². The van der Waals surface area contributed by atoms with E-state index in [1.807, 2.05) is 19.1 Å². The highest BCUT2D eigenvalue weighted by atomic mass is 79.9. The molecular weight excluding hydrogens is 340 g/mol. The monoisotopic (exact) mass is 348 g/mol. The van der Waals surface area contributed by atoms with Gasteiger partial charge in [-0.1, -0.05) is 29.0 Å². The molecular formula is C11H10BrClN2O2S. The molecule has 0 aliphatic heterocycles. The van der Waals surface area contributed by atoms with E-state index in [-0.39, 0.29) is 0 Å². The van der Waals surface area contributed by atoms with E-state index < -0.39 is 0 Å². The van der Waals surface area contributed by atoms with Crippen LogP contribution >= 0.6 is 38.9 Å². The molecule has 0 radical (unpaired) electrons. The van der Waals surface area contributed by atoms with Crippen LogP contribution in [0.2, 0.25) is 5.15 Å². The zero-order valence-electron chi connectivity index (χ0n) is 9.52. The van der Waals surface area contributed by atoms with E-state index in [2.05, 4.69) is 25.9 Å². The van der Waals surface area contributed by atoms with Crippen LogP contribution in [0.5, 0.6) is 11.1 Å². The molecule has 4 nitrogen and oxygen atoms in total. The standard InChI is InChI=1S/C11H10BrClN2O2S/c1-2-16-11-15-10(13)7(18-11)6-17-9-5-3-4-8(12)14-9/h3-5H,2,6H2,1H3. The summed E-state index contributed by atoms with van der Waals surface area (Å²) in [4.78, 5) is 9.07. The SMILES string of the molecule is CCOc1nc(Cl)c(COc2cccc(Br)n2)s1. The van der Waals surface area contributed by atoms with Gasteiger partial charge in [-0.05, 0) is 28.9 Å². The highest BCUT2D eigenvalue weighted by Crippen LogP contribution is 2.29. The highest BCUT2D eigenvalue weighted by Gasteiger charge is 2.11. The van der Waals surface area contributed by atoms with Crippen molar-refractivity contribution in [3.63, 3.8) is 0 Å². The van der Waals surface area contributed by atoms with E-state index in [0.717, 1.165) is 9.48 Å². The van der Waals surface area contributed by atoms with Gasteiger partial charge in [0, 0.05) is 6.07 Å². The van der Waals surface area contributed by atoms with Gasteiger partial charge < -0.3 is 9.47 Å². The average Bonchev–Trinajstić information content (AvgIpc) is 2.68. The molecule has 0 fully saturated rings. The molecule has 0 aliphatic carbocycles. The zero-order valence-corrected chi connectivity index (χ0v) is 12.7. The number of halogens is 2. The molecule has 2 aromatic rings. The number of hydrogen-bond donors (Lipinski definition) is 0. The molecule has 0 aliphatic rings. The number of nitrogens with zero attached hydrogens (tertiary/aromatic N) is 2. The molecule has 2 rings (SSSR count). The topological polar surface area (TPSA) is 44.2 Å². The third-order valence-corrected chi connectivity index (χ3v) is 3.75. The van der Waals surface area contributed by atoms with Crippen molar-refractivity contribution in [1.82, 2.24) is 9.97 Å². The fourth-order valence-corrected chi connectivity index (χ4v) is 2.59. The van der Waals surface area contributed by atoms with Crippen LogP contribution in [-0.2, 0) is 6.61 Å². The van der Waals surface area contributed by atoms with E-state index in [1.165, 1.54) is 11.3 Å². The quantitative estimate of drug-likeness (QED) is 0.767. The molecule has 0 saturated carbocycles. The van der Waals surface area contributed by atoms with Crippen LogP contribution in [0.4, 0.5) is 0 Å². The Morgan fingerprint density at radius 1 is 1.33 bits per heavy atom. The van der Waals surface area contributed by atoms with Crippen LogP contribution in [0.25, 0.3) is 0 Å². The van der Waals surface area contributed by atoms with Gasteiger partial charge in [-0.15, -0.1) is 0 Å². The molecule has 2 aromatic heterocycles. The summed E-state index contributed by atoms with van der Waals surface area (Å²) in [6.45, 7) is 2.79. The number of ether oxygens (including phenoxy) is 2. The molecule has 96 valence electrons. The van der Waals surface area contributed by atoms with Gasteiger partial charge in [-0.25, -0.2) is 4.98 Å². The second kappa shape index (κ2) is 6.36. The van der Waals surface area contributed by atoms with Crippen molar-refractivity contribution < 1.29 is 9.47 Å². The molecule has 18 heavy (non-hydrogen) atoms. The number of aromatic nitrogens is 2. The zero-order chi connectivity index (χ0) is 13.0. The molecule has 0 atom stereocenters. The third kappa shape index (κ3) is 3.57. The fourth-order valence-electron chi connectivity index (χ4n) is 1.20. The Labute approximate surface area is 122 Å². The van der Waals surface area contributed by atoms with Crippen molar-refractivity contribution in [2.45, 2.75) is 13.5 Å². The second-order valence-electron chi connectivity index (χ2n) is 3.21. The average molecular weight is 350 g/mol. The molecule has 0 spiro atoms. The first kappa shape index (κ1) is 13.6. The summed E-state index contributed by atoms with van der Waals surface area (Å²) in [5, 5.41) is 0.974. The number of rotatable bonds is 5. The first-order valence-electron chi connectivity index (χ1n) is 5.22. The summed E-state index contributed by atoms with van der Waals surface area (Å²) < 4.78 is 11.5. The van der Waals surface area contributed by atoms with Crippen molar-refractivity contribution >= 4 is 38.9 Å². The second-order valence-corrected chi connectivity index (χ2v) is 5.43. The summed E-state index contributed by atoms with van der Waals surface area (Å²) in [7, 11) is 0. The number of thiazole rings is 1. The van der Waals surface area contributed by atoms with E-state index in [0.29, 0.717) is 29.4 Å². The predicted octanol–water partition coefficient (Wildman–Crippen LogP) is 3.93. The Bertz CT molecular complexity index is 536. The maximum atomic E-state index is 5.99. The Kier molecular flexibility index (Phi) is 4.79. The van der Waals surface area contributed by atoms with Gasteiger partial charge >= 0.3 is 0 Å². The maximum absolute atomic E-state index is 5.99. The van der Waals surface area contributed by atoms with Crippen molar-refractivity contribution in [2.75, 3.05) is 6.61 Å². The lowest BCUT2D eigenvalue weighted by Gasteiger charge is -2.03. The van der Waals surface area contributed by atoms with E-state index in [1.54, 1.807) is 6.07 Å². The van der Waals surface area contributed by atoms with Crippen LogP contribution in [0.3, 0.4) is 0 Å². The summed E-state index contributed by atoms with van der Waals surface area (Å²) in [6.07, 6.45) is 0. The number of hydrogen-bond acceptors (Lipinski definition) is 5. The lowest BCUT2D eigenvalue weighted by Crippen LogP contribution is -1.95. The molecule has 0 amide bonds. The Morgan fingerprint density at radius 2 is 2.17 bits per heavy atom. The van der Waals surface area contributed by atoms with Crippen molar-refractivity contribution in [2.24, 2.45) is 0 Å². The van der Waals surface area contributed by atoms with E-state index in [9.17, 15) is 0 Å². The van der Waals surface area contributed by atoms with Crippen LogP contribution in [0.15, 0.2) is 22.8 Å². The molecule has 2 heterocycles. The Morgan fingerprint density at radius 3 is 2.89 bits per heavy atom. The lowest BCUT2D eigenvalue weighted by atomic mass is 10.5. The summed E-state index contributed by atoms with van der Waals surface area (Å²) >= 11 is 10.6. The van der Waals surface area contributed by atoms with Gasteiger partial charge in [0.05, 0.1) is 11.5 Å². The van der Waals surface area contributed by atoms with Crippen molar-refractivity contribution in [3.8, 4) is 11.1 Å². The summed E-state index contributed by atoms with van der Waals surface area (Å²) in [5.74, 6) is 0.534. The summed E-state index contributed by atoms with van der Waals surface area (Å²) in [6, 6.07) is 5.47. The minimum atomic E-state index is 0.326. The largest absolute Gasteiger partial charge is 0.472 e. The first-order valence-corrected chi connectivity index (χ1v) is 7.21. The molecule has 7 heteroatoms. The van der Waals surface area contributed by atoms with Gasteiger partial charge in [0.1, 0.15) is 11.2 Å². The first-order chi connectivity index (χ1) is 8.69. The fraction of sp³-hybridized carbons (Fsp3) is 0.273. The van der Waals surface area contributed by atoms with Gasteiger partial charge in [0.25, 0.3) is 5.19 Å². The molecule has 0 bridgehead atoms. The predicted molar refractivity (Wildman–Crippen MR) is 74.6 cm³/mol. The molecule has 0 aromatic carbocycles. The van der Waals surface area contributed by atoms with Crippen LogP contribution in [-0.4, -0.2) is 16.6 Å². The molecule has 0 unspecified atom stereocenters.